The molecule has 0 spiro atoms. The molecule has 1 N–H and O–H groups in total. The summed E-state index contributed by atoms with van der Waals surface area (Å²) in [6.07, 6.45) is 3.40. The van der Waals surface area contributed by atoms with E-state index >= 15 is 0 Å². The van der Waals surface area contributed by atoms with Crippen molar-refractivity contribution in [3.05, 3.63) is 64.3 Å². The molecule has 106 valence electrons. The SMILES string of the molecule is CC(C)Cc1ccc(C(O)Cn2cccnc2=O)cc1. The molecule has 0 saturated heterocycles. The van der Waals surface area contributed by atoms with Gasteiger partial charge in [0.05, 0.1) is 12.6 Å². The van der Waals surface area contributed by atoms with E-state index in [-0.39, 0.29) is 12.2 Å². The van der Waals surface area contributed by atoms with Crippen LogP contribution >= 0.6 is 0 Å². The van der Waals surface area contributed by atoms with Crippen molar-refractivity contribution in [3.63, 3.8) is 0 Å². The highest BCUT2D eigenvalue weighted by Gasteiger charge is 2.09. The molecule has 0 radical (unpaired) electrons. The molecule has 2 aromatic rings. The summed E-state index contributed by atoms with van der Waals surface area (Å²) in [6.45, 7) is 4.57. The molecule has 4 nitrogen and oxygen atoms in total. The van der Waals surface area contributed by atoms with E-state index in [1.807, 2.05) is 24.3 Å². The van der Waals surface area contributed by atoms with Crippen LogP contribution in [0.2, 0.25) is 0 Å². The summed E-state index contributed by atoms with van der Waals surface area (Å²) in [7, 11) is 0. The molecule has 1 atom stereocenters. The molecule has 0 fully saturated rings. The van der Waals surface area contributed by atoms with Gasteiger partial charge in [-0.25, -0.2) is 9.78 Å². The number of benzene rings is 1. The van der Waals surface area contributed by atoms with E-state index in [9.17, 15) is 9.90 Å². The van der Waals surface area contributed by atoms with Gasteiger partial charge in [0.1, 0.15) is 0 Å². The predicted octanol–water partition coefficient (Wildman–Crippen LogP) is 2.18. The quantitative estimate of drug-likeness (QED) is 0.907. The van der Waals surface area contributed by atoms with Crippen molar-refractivity contribution in [2.45, 2.75) is 32.9 Å². The van der Waals surface area contributed by atoms with Crippen molar-refractivity contribution in [3.8, 4) is 0 Å². The van der Waals surface area contributed by atoms with Crippen LogP contribution in [0.15, 0.2) is 47.5 Å². The second-order valence-corrected chi connectivity index (χ2v) is 5.41. The van der Waals surface area contributed by atoms with Crippen LogP contribution in [0.5, 0.6) is 0 Å². The summed E-state index contributed by atoms with van der Waals surface area (Å²) in [5.41, 5.74) is 1.73. The topological polar surface area (TPSA) is 55.1 Å². The molecule has 4 heteroatoms. The van der Waals surface area contributed by atoms with Crippen molar-refractivity contribution in [1.29, 1.82) is 0 Å². The first-order valence-corrected chi connectivity index (χ1v) is 6.84. The van der Waals surface area contributed by atoms with Crippen molar-refractivity contribution in [2.24, 2.45) is 5.92 Å². The van der Waals surface area contributed by atoms with Gasteiger partial charge in [0.25, 0.3) is 0 Å². The van der Waals surface area contributed by atoms with Gasteiger partial charge in [-0.3, -0.25) is 4.57 Å². The third-order valence-electron chi connectivity index (χ3n) is 3.16. The van der Waals surface area contributed by atoms with Gasteiger partial charge in [-0.05, 0) is 29.5 Å². The molecule has 20 heavy (non-hydrogen) atoms. The van der Waals surface area contributed by atoms with Gasteiger partial charge in [-0.2, -0.15) is 0 Å². The first-order chi connectivity index (χ1) is 9.56. The minimum Gasteiger partial charge on any atom is -0.387 e. The highest BCUT2D eigenvalue weighted by molar-refractivity contribution is 5.24. The van der Waals surface area contributed by atoms with Crippen molar-refractivity contribution in [2.75, 3.05) is 0 Å². The average Bonchev–Trinajstić information content (AvgIpc) is 2.41. The molecule has 1 unspecified atom stereocenters. The van der Waals surface area contributed by atoms with Gasteiger partial charge >= 0.3 is 5.69 Å². The number of rotatable bonds is 5. The van der Waals surface area contributed by atoms with Crippen LogP contribution in [0.4, 0.5) is 0 Å². The fourth-order valence-corrected chi connectivity index (χ4v) is 2.17. The fraction of sp³-hybridized carbons (Fsp3) is 0.375. The molecule has 1 heterocycles. The van der Waals surface area contributed by atoms with E-state index in [0.717, 1.165) is 12.0 Å². The Hall–Kier alpha value is -1.94. The standard InChI is InChI=1S/C16H20N2O2/c1-12(2)10-13-4-6-14(7-5-13)15(19)11-18-9-3-8-17-16(18)20/h3-9,12,15,19H,10-11H2,1-2H3. The Morgan fingerprint density at radius 3 is 2.55 bits per heavy atom. The molecule has 1 aromatic carbocycles. The number of aliphatic hydroxyl groups is 1. The van der Waals surface area contributed by atoms with Gasteiger partial charge in [-0.1, -0.05) is 38.1 Å². The summed E-state index contributed by atoms with van der Waals surface area (Å²) >= 11 is 0. The third kappa shape index (κ3) is 3.78. The monoisotopic (exact) mass is 272 g/mol. The van der Waals surface area contributed by atoms with E-state index in [2.05, 4.69) is 18.8 Å². The Kier molecular flexibility index (Phi) is 4.69. The number of aliphatic hydroxyl groups excluding tert-OH is 1. The van der Waals surface area contributed by atoms with Crippen LogP contribution in [-0.4, -0.2) is 14.7 Å². The Bertz CT molecular complexity index is 602. The van der Waals surface area contributed by atoms with E-state index < -0.39 is 6.10 Å². The molecule has 0 aliphatic heterocycles. The lowest BCUT2D eigenvalue weighted by molar-refractivity contribution is 0.154. The van der Waals surface area contributed by atoms with E-state index in [1.165, 1.54) is 16.3 Å². The smallest absolute Gasteiger partial charge is 0.347 e. The Labute approximate surface area is 118 Å². The predicted molar refractivity (Wildman–Crippen MR) is 78.4 cm³/mol. The lowest BCUT2D eigenvalue weighted by Crippen LogP contribution is -2.24. The zero-order valence-corrected chi connectivity index (χ0v) is 11.9. The third-order valence-corrected chi connectivity index (χ3v) is 3.16. The molecule has 0 saturated carbocycles. The molecular weight excluding hydrogens is 252 g/mol. The van der Waals surface area contributed by atoms with Crippen LogP contribution in [0, 0.1) is 5.92 Å². The van der Waals surface area contributed by atoms with E-state index in [0.29, 0.717) is 5.92 Å². The van der Waals surface area contributed by atoms with Crippen LogP contribution < -0.4 is 5.69 Å². The summed E-state index contributed by atoms with van der Waals surface area (Å²) in [5, 5.41) is 10.2. The minimum absolute atomic E-state index is 0.218. The number of hydrogen-bond donors (Lipinski definition) is 1. The van der Waals surface area contributed by atoms with Crippen molar-refractivity contribution in [1.82, 2.24) is 9.55 Å². The lowest BCUT2D eigenvalue weighted by Gasteiger charge is -2.13. The summed E-state index contributed by atoms with van der Waals surface area (Å²) in [6, 6.07) is 9.59. The Morgan fingerprint density at radius 1 is 1.25 bits per heavy atom. The highest BCUT2D eigenvalue weighted by Crippen LogP contribution is 2.16. The summed E-state index contributed by atoms with van der Waals surface area (Å²) in [5.74, 6) is 0.611. The molecule has 0 amide bonds. The largest absolute Gasteiger partial charge is 0.387 e. The molecule has 0 bridgehead atoms. The second kappa shape index (κ2) is 6.48. The fourth-order valence-electron chi connectivity index (χ4n) is 2.17. The zero-order chi connectivity index (χ0) is 14.5. The molecular formula is C16H20N2O2. The number of aromatic nitrogens is 2. The van der Waals surface area contributed by atoms with Gasteiger partial charge < -0.3 is 5.11 Å². The van der Waals surface area contributed by atoms with Crippen LogP contribution in [0.3, 0.4) is 0 Å². The van der Waals surface area contributed by atoms with Gasteiger partial charge in [0.15, 0.2) is 0 Å². The molecule has 0 aliphatic rings. The number of nitrogens with zero attached hydrogens (tertiary/aromatic N) is 2. The van der Waals surface area contributed by atoms with Gasteiger partial charge in [0.2, 0.25) is 0 Å². The van der Waals surface area contributed by atoms with Crippen LogP contribution in [0.25, 0.3) is 0 Å². The second-order valence-electron chi connectivity index (χ2n) is 5.41. The van der Waals surface area contributed by atoms with E-state index in [4.69, 9.17) is 0 Å². The lowest BCUT2D eigenvalue weighted by atomic mass is 10.0. The maximum atomic E-state index is 11.5. The normalized spacial score (nSPS) is 12.6. The Morgan fingerprint density at radius 2 is 1.95 bits per heavy atom. The first kappa shape index (κ1) is 14.5. The summed E-state index contributed by atoms with van der Waals surface area (Å²) < 4.78 is 1.41. The zero-order valence-electron chi connectivity index (χ0n) is 11.9. The van der Waals surface area contributed by atoms with E-state index in [1.54, 1.807) is 12.3 Å². The molecule has 2 rings (SSSR count). The van der Waals surface area contributed by atoms with Crippen LogP contribution in [-0.2, 0) is 13.0 Å². The minimum atomic E-state index is -0.704. The van der Waals surface area contributed by atoms with Crippen molar-refractivity contribution >= 4 is 0 Å². The van der Waals surface area contributed by atoms with Crippen molar-refractivity contribution < 1.29 is 5.11 Å². The molecule has 1 aromatic heterocycles. The number of hydrogen-bond acceptors (Lipinski definition) is 3. The Balaban J connectivity index is 2.08. The van der Waals surface area contributed by atoms with Crippen LogP contribution in [0.1, 0.15) is 31.1 Å². The maximum Gasteiger partial charge on any atom is 0.347 e. The maximum absolute atomic E-state index is 11.5. The van der Waals surface area contributed by atoms with Gasteiger partial charge in [-0.15, -0.1) is 0 Å². The average molecular weight is 272 g/mol. The first-order valence-electron chi connectivity index (χ1n) is 6.84. The summed E-state index contributed by atoms with van der Waals surface area (Å²) in [4.78, 5) is 15.2. The molecule has 0 aliphatic carbocycles. The highest BCUT2D eigenvalue weighted by atomic mass is 16.3. The van der Waals surface area contributed by atoms with Gasteiger partial charge in [0, 0.05) is 12.4 Å².